The lowest BCUT2D eigenvalue weighted by Crippen LogP contribution is -2.30. The molecule has 8 heteroatoms. The van der Waals surface area contributed by atoms with Gasteiger partial charge in [-0.1, -0.05) is 29.8 Å². The van der Waals surface area contributed by atoms with E-state index >= 15 is 0 Å². The molecule has 1 N–H and O–H groups in total. The minimum atomic E-state index is -0.612. The van der Waals surface area contributed by atoms with Crippen molar-refractivity contribution in [1.82, 2.24) is 9.99 Å². The lowest BCUT2D eigenvalue weighted by molar-refractivity contribution is 0.0953. The Kier molecular flexibility index (Phi) is 6.87. The number of rotatable bonds is 7. The average molecular weight is 426 g/mol. The Bertz CT molecular complexity index is 1140. The molecule has 0 atom stereocenters. The van der Waals surface area contributed by atoms with Crippen molar-refractivity contribution in [3.05, 3.63) is 92.9 Å². The number of ether oxygens (including phenoxy) is 2. The number of nitrogens with one attached hydrogen (secondary N) is 1. The zero-order valence-corrected chi connectivity index (χ0v) is 17.2. The predicted molar refractivity (Wildman–Crippen MR) is 116 cm³/mol. The second-order valence-electron chi connectivity index (χ2n) is 6.27. The normalized spacial score (nSPS) is 10.8. The van der Waals surface area contributed by atoms with E-state index in [2.05, 4.69) is 10.5 Å². The van der Waals surface area contributed by atoms with Crippen LogP contribution in [0.3, 0.4) is 0 Å². The number of para-hydroxylation sites is 1. The number of carbonyl (C=O) groups is 1. The second kappa shape index (κ2) is 9.76. The molecule has 0 fully saturated rings. The number of nitrogens with zero attached hydrogens (tertiary/aromatic N) is 2. The number of benzene rings is 2. The van der Waals surface area contributed by atoms with E-state index in [1.165, 1.54) is 31.1 Å². The van der Waals surface area contributed by atoms with Gasteiger partial charge >= 0.3 is 0 Å². The molecule has 0 unspecified atom stereocenters. The van der Waals surface area contributed by atoms with Gasteiger partial charge in [0.05, 0.1) is 27.0 Å². The molecule has 1 heterocycles. The van der Waals surface area contributed by atoms with Gasteiger partial charge in [0, 0.05) is 16.8 Å². The molecule has 1 aromatic heterocycles. The van der Waals surface area contributed by atoms with E-state index in [-0.39, 0.29) is 5.56 Å². The van der Waals surface area contributed by atoms with Crippen molar-refractivity contribution in [2.24, 2.45) is 5.10 Å². The van der Waals surface area contributed by atoms with Gasteiger partial charge in [0.2, 0.25) is 0 Å². The fraction of sp³-hybridized carbons (Fsp3) is 0.136. The summed E-state index contributed by atoms with van der Waals surface area (Å²) < 4.78 is 12.0. The zero-order chi connectivity index (χ0) is 21.5. The Morgan fingerprint density at radius 1 is 1.13 bits per heavy atom. The molecule has 3 rings (SSSR count). The van der Waals surface area contributed by atoms with E-state index in [0.717, 1.165) is 5.56 Å². The van der Waals surface area contributed by atoms with Crippen LogP contribution in [-0.4, -0.2) is 30.9 Å². The molecular weight excluding hydrogens is 406 g/mol. The van der Waals surface area contributed by atoms with Gasteiger partial charge in [-0.2, -0.15) is 5.10 Å². The van der Waals surface area contributed by atoms with Crippen LogP contribution in [0.5, 0.6) is 11.5 Å². The highest BCUT2D eigenvalue weighted by Crippen LogP contribution is 2.29. The van der Waals surface area contributed by atoms with E-state index in [9.17, 15) is 9.59 Å². The summed E-state index contributed by atoms with van der Waals surface area (Å²) in [6.07, 6.45) is 3.04. The molecule has 0 spiro atoms. The van der Waals surface area contributed by atoms with Crippen LogP contribution in [0, 0.1) is 0 Å². The monoisotopic (exact) mass is 425 g/mol. The van der Waals surface area contributed by atoms with Crippen LogP contribution in [0.4, 0.5) is 0 Å². The van der Waals surface area contributed by atoms with E-state index in [0.29, 0.717) is 28.6 Å². The van der Waals surface area contributed by atoms with Crippen LogP contribution in [0.15, 0.2) is 70.7 Å². The van der Waals surface area contributed by atoms with Gasteiger partial charge in [0.1, 0.15) is 5.56 Å². The van der Waals surface area contributed by atoms with Crippen molar-refractivity contribution in [2.75, 3.05) is 14.2 Å². The van der Waals surface area contributed by atoms with Crippen LogP contribution >= 0.6 is 11.6 Å². The zero-order valence-electron chi connectivity index (χ0n) is 16.5. The first-order valence-corrected chi connectivity index (χ1v) is 9.39. The predicted octanol–water partition coefficient (Wildman–Crippen LogP) is 3.33. The molecule has 3 aromatic rings. The van der Waals surface area contributed by atoms with Crippen molar-refractivity contribution in [3.8, 4) is 11.5 Å². The lowest BCUT2D eigenvalue weighted by Gasteiger charge is -2.09. The number of hydrogen-bond acceptors (Lipinski definition) is 5. The van der Waals surface area contributed by atoms with E-state index in [4.69, 9.17) is 21.1 Å². The number of methoxy groups -OCH3 is 2. The summed E-state index contributed by atoms with van der Waals surface area (Å²) in [5, 5.41) is 4.52. The van der Waals surface area contributed by atoms with Gasteiger partial charge in [-0.05, 0) is 42.0 Å². The molecule has 0 bridgehead atoms. The van der Waals surface area contributed by atoms with Crippen molar-refractivity contribution >= 4 is 23.7 Å². The standard InChI is InChI=1S/C22H20ClN3O4/c1-29-19-10-4-7-16(20(19)30-2)13-24-25-21(27)18-9-5-11-26(22(18)28)14-15-6-3-8-17(23)12-15/h3-13H,14H2,1-2H3,(H,25,27)/b24-13-. The minimum absolute atomic E-state index is 0.0192. The molecule has 0 radical (unpaired) electrons. The van der Waals surface area contributed by atoms with E-state index in [1.807, 2.05) is 6.07 Å². The fourth-order valence-corrected chi connectivity index (χ4v) is 3.11. The number of pyridine rings is 1. The van der Waals surface area contributed by atoms with Crippen LogP contribution in [0.2, 0.25) is 5.02 Å². The largest absolute Gasteiger partial charge is 0.493 e. The Hall–Kier alpha value is -3.58. The number of halogens is 1. The Labute approximate surface area is 178 Å². The average Bonchev–Trinajstić information content (AvgIpc) is 2.75. The number of hydrogen-bond donors (Lipinski definition) is 1. The molecule has 1 amide bonds. The quantitative estimate of drug-likeness (QED) is 0.465. The summed E-state index contributed by atoms with van der Waals surface area (Å²) in [4.78, 5) is 25.2. The highest BCUT2D eigenvalue weighted by Gasteiger charge is 2.12. The summed E-state index contributed by atoms with van der Waals surface area (Å²) >= 11 is 6.00. The molecular formula is C22H20ClN3O4. The minimum Gasteiger partial charge on any atom is -0.493 e. The lowest BCUT2D eigenvalue weighted by atomic mass is 10.2. The molecule has 154 valence electrons. The van der Waals surface area contributed by atoms with Gasteiger partial charge in [-0.25, -0.2) is 5.43 Å². The molecule has 0 aliphatic rings. The Morgan fingerprint density at radius 2 is 1.93 bits per heavy atom. The van der Waals surface area contributed by atoms with Crippen molar-refractivity contribution in [2.45, 2.75) is 6.54 Å². The maximum atomic E-state index is 12.7. The smallest absolute Gasteiger partial charge is 0.276 e. The molecule has 30 heavy (non-hydrogen) atoms. The maximum Gasteiger partial charge on any atom is 0.276 e. The summed E-state index contributed by atoms with van der Waals surface area (Å²) in [7, 11) is 3.05. The summed E-state index contributed by atoms with van der Waals surface area (Å²) in [5.74, 6) is 0.417. The SMILES string of the molecule is COc1cccc(/C=N\NC(=O)c2cccn(Cc3cccc(Cl)c3)c2=O)c1OC. The number of amides is 1. The van der Waals surface area contributed by atoms with Crippen molar-refractivity contribution in [1.29, 1.82) is 0 Å². The van der Waals surface area contributed by atoms with Crippen LogP contribution in [-0.2, 0) is 6.54 Å². The van der Waals surface area contributed by atoms with Crippen LogP contribution in [0.25, 0.3) is 0 Å². The first kappa shape index (κ1) is 21.1. The third-order valence-electron chi connectivity index (χ3n) is 4.31. The molecule has 0 aliphatic heterocycles. The number of aromatic nitrogens is 1. The van der Waals surface area contributed by atoms with E-state index in [1.54, 1.807) is 48.7 Å². The first-order valence-electron chi connectivity index (χ1n) is 9.01. The first-order chi connectivity index (χ1) is 14.5. The summed E-state index contributed by atoms with van der Waals surface area (Å²) in [6.45, 7) is 0.296. The van der Waals surface area contributed by atoms with Gasteiger partial charge in [0.15, 0.2) is 11.5 Å². The number of carbonyl (C=O) groups excluding carboxylic acids is 1. The van der Waals surface area contributed by atoms with E-state index < -0.39 is 11.5 Å². The molecule has 0 aliphatic carbocycles. The second-order valence-corrected chi connectivity index (χ2v) is 6.70. The highest BCUT2D eigenvalue weighted by atomic mass is 35.5. The molecule has 0 saturated heterocycles. The van der Waals surface area contributed by atoms with Gasteiger partial charge in [0.25, 0.3) is 11.5 Å². The van der Waals surface area contributed by atoms with Gasteiger partial charge in [-0.15, -0.1) is 0 Å². The summed E-state index contributed by atoms with van der Waals surface area (Å²) in [6, 6.07) is 15.6. The van der Waals surface area contributed by atoms with Crippen LogP contribution in [0.1, 0.15) is 21.5 Å². The summed E-state index contributed by atoms with van der Waals surface area (Å²) in [5.41, 5.74) is 3.40. The fourth-order valence-electron chi connectivity index (χ4n) is 2.90. The Morgan fingerprint density at radius 3 is 2.67 bits per heavy atom. The molecule has 7 nitrogen and oxygen atoms in total. The number of hydrazone groups is 1. The highest BCUT2D eigenvalue weighted by molar-refractivity contribution is 6.30. The third kappa shape index (κ3) is 4.87. The third-order valence-corrected chi connectivity index (χ3v) is 4.54. The van der Waals surface area contributed by atoms with Crippen molar-refractivity contribution in [3.63, 3.8) is 0 Å². The topological polar surface area (TPSA) is 81.9 Å². The maximum absolute atomic E-state index is 12.7. The molecule has 2 aromatic carbocycles. The Balaban J connectivity index is 1.77. The van der Waals surface area contributed by atoms with Gasteiger partial charge < -0.3 is 14.0 Å². The van der Waals surface area contributed by atoms with Crippen LogP contribution < -0.4 is 20.5 Å². The molecule has 0 saturated carbocycles. The van der Waals surface area contributed by atoms with Crippen molar-refractivity contribution < 1.29 is 14.3 Å². The van der Waals surface area contributed by atoms with Gasteiger partial charge in [-0.3, -0.25) is 9.59 Å².